The van der Waals surface area contributed by atoms with Crippen LogP contribution in [0, 0.1) is 18.6 Å². The van der Waals surface area contributed by atoms with Gasteiger partial charge in [-0.05, 0) is 42.5 Å². The normalized spacial score (nSPS) is 10.5. The van der Waals surface area contributed by atoms with E-state index in [4.69, 9.17) is 4.42 Å². The number of halogens is 2. The molecule has 0 aliphatic rings. The molecule has 0 bridgehead atoms. The van der Waals surface area contributed by atoms with Crippen LogP contribution in [0.4, 0.5) is 19.3 Å². The van der Waals surface area contributed by atoms with Crippen LogP contribution in [-0.4, -0.2) is 16.2 Å². The van der Waals surface area contributed by atoms with E-state index in [-0.39, 0.29) is 12.1 Å². The third-order valence-corrected chi connectivity index (χ3v) is 3.36. The zero-order valence-electron chi connectivity index (χ0n) is 13.2. The molecule has 8 heteroatoms. The standard InChI is InChI=1S/C17H14F2N4O2/c1-10-22-23-16(25-10)11-2-5-14(6-3-11)21-17(24)20-9-12-8-13(18)4-7-15(12)19/h2-8H,9H2,1H3,(H2,20,21,24). The number of carbonyl (C=O) groups is 1. The van der Waals surface area contributed by atoms with Crippen LogP contribution in [0.5, 0.6) is 0 Å². The molecule has 0 fully saturated rings. The molecule has 0 aliphatic carbocycles. The predicted octanol–water partition coefficient (Wildman–Crippen LogP) is 3.64. The summed E-state index contributed by atoms with van der Waals surface area (Å²) in [5, 5.41) is 12.7. The van der Waals surface area contributed by atoms with Crippen molar-refractivity contribution in [3.05, 3.63) is 65.6 Å². The number of anilines is 1. The molecule has 1 heterocycles. The van der Waals surface area contributed by atoms with Crippen LogP contribution in [-0.2, 0) is 6.54 Å². The number of aryl methyl sites for hydroxylation is 1. The van der Waals surface area contributed by atoms with Crippen molar-refractivity contribution in [2.24, 2.45) is 0 Å². The van der Waals surface area contributed by atoms with E-state index < -0.39 is 17.7 Å². The van der Waals surface area contributed by atoms with E-state index in [9.17, 15) is 13.6 Å². The van der Waals surface area contributed by atoms with Crippen LogP contribution in [0.1, 0.15) is 11.5 Å². The van der Waals surface area contributed by atoms with Gasteiger partial charge in [0.1, 0.15) is 11.6 Å². The van der Waals surface area contributed by atoms with Crippen molar-refractivity contribution in [2.75, 3.05) is 5.32 Å². The Balaban J connectivity index is 1.58. The van der Waals surface area contributed by atoms with E-state index in [0.717, 1.165) is 18.2 Å². The number of hydrogen-bond donors (Lipinski definition) is 2. The van der Waals surface area contributed by atoms with Crippen LogP contribution in [0.15, 0.2) is 46.9 Å². The molecule has 128 valence electrons. The van der Waals surface area contributed by atoms with Gasteiger partial charge in [0.05, 0.1) is 0 Å². The first-order valence-corrected chi connectivity index (χ1v) is 7.40. The second kappa shape index (κ2) is 7.08. The summed E-state index contributed by atoms with van der Waals surface area (Å²) in [5.41, 5.74) is 1.31. The average molecular weight is 344 g/mol. The summed E-state index contributed by atoms with van der Waals surface area (Å²) < 4.78 is 31.9. The van der Waals surface area contributed by atoms with E-state index in [1.165, 1.54) is 0 Å². The Hall–Kier alpha value is -3.29. The molecule has 3 aromatic rings. The van der Waals surface area contributed by atoms with Crippen LogP contribution in [0.2, 0.25) is 0 Å². The Morgan fingerprint density at radius 2 is 1.88 bits per heavy atom. The van der Waals surface area contributed by atoms with Gasteiger partial charge in [-0.25, -0.2) is 13.6 Å². The minimum Gasteiger partial charge on any atom is -0.421 e. The molecule has 0 radical (unpaired) electrons. The van der Waals surface area contributed by atoms with E-state index in [2.05, 4.69) is 20.8 Å². The molecular weight excluding hydrogens is 330 g/mol. The fourth-order valence-corrected chi connectivity index (χ4v) is 2.14. The monoisotopic (exact) mass is 344 g/mol. The summed E-state index contributed by atoms with van der Waals surface area (Å²) in [4.78, 5) is 11.9. The van der Waals surface area contributed by atoms with Gasteiger partial charge in [-0.1, -0.05) is 0 Å². The van der Waals surface area contributed by atoms with Gasteiger partial charge in [-0.2, -0.15) is 0 Å². The average Bonchev–Trinajstić information content (AvgIpc) is 3.03. The first-order valence-electron chi connectivity index (χ1n) is 7.40. The number of hydrogen-bond acceptors (Lipinski definition) is 4. The largest absolute Gasteiger partial charge is 0.421 e. The fraction of sp³-hybridized carbons (Fsp3) is 0.118. The Morgan fingerprint density at radius 1 is 1.12 bits per heavy atom. The lowest BCUT2D eigenvalue weighted by Gasteiger charge is -2.09. The Kier molecular flexibility index (Phi) is 4.69. The van der Waals surface area contributed by atoms with Crippen LogP contribution < -0.4 is 10.6 Å². The molecule has 1 aromatic heterocycles. The molecule has 0 spiro atoms. The van der Waals surface area contributed by atoms with Crippen molar-refractivity contribution >= 4 is 11.7 Å². The Bertz CT molecular complexity index is 894. The minimum absolute atomic E-state index is 0.0669. The van der Waals surface area contributed by atoms with Crippen LogP contribution >= 0.6 is 0 Å². The summed E-state index contributed by atoms with van der Waals surface area (Å²) in [5.74, 6) is -0.303. The number of rotatable bonds is 4. The molecule has 3 rings (SSSR count). The van der Waals surface area contributed by atoms with Gasteiger partial charge < -0.3 is 15.1 Å². The fourth-order valence-electron chi connectivity index (χ4n) is 2.14. The smallest absolute Gasteiger partial charge is 0.319 e. The highest BCUT2D eigenvalue weighted by molar-refractivity contribution is 5.89. The number of carbonyl (C=O) groups excluding carboxylic acids is 1. The summed E-state index contributed by atoms with van der Waals surface area (Å²) >= 11 is 0. The van der Waals surface area contributed by atoms with Crippen molar-refractivity contribution in [1.82, 2.24) is 15.5 Å². The molecule has 0 unspecified atom stereocenters. The summed E-state index contributed by atoms with van der Waals surface area (Å²) in [6.45, 7) is 1.56. The first-order chi connectivity index (χ1) is 12.0. The van der Waals surface area contributed by atoms with Crippen LogP contribution in [0.3, 0.4) is 0 Å². The van der Waals surface area contributed by atoms with Gasteiger partial charge in [0.2, 0.25) is 11.8 Å². The zero-order valence-corrected chi connectivity index (χ0v) is 13.2. The second-order valence-corrected chi connectivity index (χ2v) is 5.25. The zero-order chi connectivity index (χ0) is 17.8. The number of benzene rings is 2. The maximum Gasteiger partial charge on any atom is 0.319 e. The lowest BCUT2D eigenvalue weighted by Crippen LogP contribution is -2.28. The summed E-state index contributed by atoms with van der Waals surface area (Å²) in [6, 6.07) is 9.30. The maximum atomic E-state index is 13.5. The van der Waals surface area contributed by atoms with Crippen molar-refractivity contribution in [1.29, 1.82) is 0 Å². The highest BCUT2D eigenvalue weighted by Gasteiger charge is 2.08. The lowest BCUT2D eigenvalue weighted by atomic mass is 10.2. The molecule has 0 aliphatic heterocycles. The minimum atomic E-state index is -0.582. The van der Waals surface area contributed by atoms with Gasteiger partial charge in [-0.15, -0.1) is 10.2 Å². The van der Waals surface area contributed by atoms with E-state index >= 15 is 0 Å². The predicted molar refractivity (Wildman–Crippen MR) is 86.7 cm³/mol. The second-order valence-electron chi connectivity index (χ2n) is 5.25. The van der Waals surface area contributed by atoms with Gasteiger partial charge in [0.25, 0.3) is 0 Å². The highest BCUT2D eigenvalue weighted by Crippen LogP contribution is 2.20. The van der Waals surface area contributed by atoms with Gasteiger partial charge in [-0.3, -0.25) is 0 Å². The Labute approximate surface area is 141 Å². The number of amides is 2. The third-order valence-electron chi connectivity index (χ3n) is 3.36. The summed E-state index contributed by atoms with van der Waals surface area (Å²) in [6.07, 6.45) is 0. The molecule has 0 atom stereocenters. The number of nitrogens with zero attached hydrogens (tertiary/aromatic N) is 2. The van der Waals surface area contributed by atoms with Crippen molar-refractivity contribution in [3.63, 3.8) is 0 Å². The van der Waals surface area contributed by atoms with E-state index in [0.29, 0.717) is 23.0 Å². The molecule has 0 saturated carbocycles. The molecule has 0 saturated heterocycles. The van der Waals surface area contributed by atoms with E-state index in [1.54, 1.807) is 31.2 Å². The molecule has 25 heavy (non-hydrogen) atoms. The lowest BCUT2D eigenvalue weighted by molar-refractivity contribution is 0.251. The molecular formula is C17H14F2N4O2. The molecule has 2 aromatic carbocycles. The number of aromatic nitrogens is 2. The quantitative estimate of drug-likeness (QED) is 0.757. The Morgan fingerprint density at radius 3 is 2.56 bits per heavy atom. The number of nitrogens with one attached hydrogen (secondary N) is 2. The third kappa shape index (κ3) is 4.17. The maximum absolute atomic E-state index is 13.5. The summed E-state index contributed by atoms with van der Waals surface area (Å²) in [7, 11) is 0. The van der Waals surface area contributed by atoms with Crippen molar-refractivity contribution in [2.45, 2.75) is 13.5 Å². The van der Waals surface area contributed by atoms with Gasteiger partial charge in [0, 0.05) is 30.3 Å². The SMILES string of the molecule is Cc1nnc(-c2ccc(NC(=O)NCc3cc(F)ccc3F)cc2)o1. The molecule has 2 N–H and O–H groups in total. The topological polar surface area (TPSA) is 80.0 Å². The molecule has 2 amide bonds. The van der Waals surface area contributed by atoms with Crippen molar-refractivity contribution < 1.29 is 18.0 Å². The van der Waals surface area contributed by atoms with Gasteiger partial charge in [0.15, 0.2) is 0 Å². The highest BCUT2D eigenvalue weighted by atomic mass is 19.1. The molecule has 6 nitrogen and oxygen atoms in total. The first kappa shape index (κ1) is 16.6. The van der Waals surface area contributed by atoms with Crippen molar-refractivity contribution in [3.8, 4) is 11.5 Å². The van der Waals surface area contributed by atoms with E-state index in [1.807, 2.05) is 0 Å². The number of urea groups is 1. The van der Waals surface area contributed by atoms with Crippen LogP contribution in [0.25, 0.3) is 11.5 Å². The van der Waals surface area contributed by atoms with Gasteiger partial charge >= 0.3 is 6.03 Å².